The van der Waals surface area contributed by atoms with E-state index >= 15 is 0 Å². The second-order valence-electron chi connectivity index (χ2n) is 4.17. The van der Waals surface area contributed by atoms with Crippen LogP contribution in [0.1, 0.15) is 22.5 Å². The van der Waals surface area contributed by atoms with Crippen LogP contribution in [0.25, 0.3) is 0 Å². The first-order valence-corrected chi connectivity index (χ1v) is 6.72. The normalized spacial score (nSPS) is 17.2. The highest BCUT2D eigenvalue weighted by Crippen LogP contribution is 2.27. The van der Waals surface area contributed by atoms with Gasteiger partial charge in [0.2, 0.25) is 0 Å². The number of hydrogen-bond acceptors (Lipinski definition) is 4. The molecule has 17 heavy (non-hydrogen) atoms. The zero-order valence-corrected chi connectivity index (χ0v) is 11.0. The first kappa shape index (κ1) is 12.4. The van der Waals surface area contributed by atoms with Crippen molar-refractivity contribution in [2.75, 3.05) is 27.2 Å². The van der Waals surface area contributed by atoms with Crippen LogP contribution in [0.2, 0.25) is 0 Å². The molecular formula is C12H18N2O2S. The van der Waals surface area contributed by atoms with Gasteiger partial charge in [-0.25, -0.2) is 0 Å². The summed E-state index contributed by atoms with van der Waals surface area (Å²) in [4.78, 5) is 14.9. The van der Waals surface area contributed by atoms with Gasteiger partial charge in [-0.1, -0.05) is 0 Å². The van der Waals surface area contributed by atoms with Crippen LogP contribution >= 0.6 is 11.3 Å². The van der Waals surface area contributed by atoms with Crippen LogP contribution in [0.5, 0.6) is 5.75 Å². The Morgan fingerprint density at radius 2 is 2.24 bits per heavy atom. The zero-order chi connectivity index (χ0) is 12.3. The van der Waals surface area contributed by atoms with Gasteiger partial charge in [0.15, 0.2) is 0 Å². The van der Waals surface area contributed by atoms with Crippen LogP contribution in [-0.4, -0.2) is 44.1 Å². The van der Waals surface area contributed by atoms with Crippen molar-refractivity contribution in [3.8, 4) is 5.75 Å². The molecule has 1 amide bonds. The number of nitrogens with one attached hydrogen (secondary N) is 1. The van der Waals surface area contributed by atoms with Crippen molar-refractivity contribution in [2.24, 2.45) is 0 Å². The van der Waals surface area contributed by atoms with E-state index in [0.717, 1.165) is 30.8 Å². The molecular weight excluding hydrogens is 236 g/mol. The van der Waals surface area contributed by atoms with Crippen LogP contribution in [-0.2, 0) is 0 Å². The summed E-state index contributed by atoms with van der Waals surface area (Å²) < 4.78 is 5.19. The third-order valence-electron chi connectivity index (χ3n) is 3.23. The lowest BCUT2D eigenvalue weighted by Gasteiger charge is -2.31. The highest BCUT2D eigenvalue weighted by atomic mass is 32.1. The monoisotopic (exact) mass is 254 g/mol. The fraction of sp³-hybridized carbons (Fsp3) is 0.583. The predicted molar refractivity (Wildman–Crippen MR) is 68.9 cm³/mol. The zero-order valence-electron chi connectivity index (χ0n) is 10.2. The summed E-state index contributed by atoms with van der Waals surface area (Å²) in [7, 11) is 3.58. The summed E-state index contributed by atoms with van der Waals surface area (Å²) in [6, 6.07) is 2.39. The fourth-order valence-corrected chi connectivity index (χ4v) is 2.95. The van der Waals surface area contributed by atoms with Crippen molar-refractivity contribution < 1.29 is 9.53 Å². The molecule has 0 saturated carbocycles. The van der Waals surface area contributed by atoms with Crippen molar-refractivity contribution >= 4 is 17.2 Å². The van der Waals surface area contributed by atoms with Gasteiger partial charge in [-0.2, -0.15) is 0 Å². The van der Waals surface area contributed by atoms with Crippen molar-refractivity contribution in [1.29, 1.82) is 0 Å². The largest absolute Gasteiger partial charge is 0.495 e. The van der Waals surface area contributed by atoms with Gasteiger partial charge in [0.05, 0.1) is 7.11 Å². The third kappa shape index (κ3) is 2.61. The van der Waals surface area contributed by atoms with E-state index in [-0.39, 0.29) is 5.91 Å². The minimum atomic E-state index is 0.103. The molecule has 1 aromatic heterocycles. The molecule has 5 heteroatoms. The summed E-state index contributed by atoms with van der Waals surface area (Å²) in [5.41, 5.74) is 0. The van der Waals surface area contributed by atoms with Crippen LogP contribution in [0.15, 0.2) is 11.4 Å². The van der Waals surface area contributed by atoms with E-state index in [4.69, 9.17) is 4.74 Å². The number of ether oxygens (including phenoxy) is 1. The van der Waals surface area contributed by atoms with Gasteiger partial charge in [-0.3, -0.25) is 4.79 Å². The number of carbonyl (C=O) groups excluding carboxylic acids is 1. The number of rotatable bonds is 3. The van der Waals surface area contributed by atoms with Gasteiger partial charge in [0, 0.05) is 19.1 Å². The molecule has 1 aromatic rings. The lowest BCUT2D eigenvalue weighted by atomic mass is 10.1. The van der Waals surface area contributed by atoms with Crippen LogP contribution in [0.3, 0.4) is 0 Å². The average Bonchev–Trinajstić information content (AvgIpc) is 2.86. The number of amides is 1. The average molecular weight is 254 g/mol. The number of hydrogen-bond donors (Lipinski definition) is 1. The molecule has 2 rings (SSSR count). The SMILES string of the molecule is CNC1CCN(C(=O)c2sccc2OC)CC1. The van der Waals surface area contributed by atoms with Gasteiger partial charge in [-0.15, -0.1) is 11.3 Å². The van der Waals surface area contributed by atoms with Crippen molar-refractivity contribution in [2.45, 2.75) is 18.9 Å². The Labute approximate surface area is 106 Å². The molecule has 0 aromatic carbocycles. The van der Waals surface area contributed by atoms with Gasteiger partial charge in [-0.05, 0) is 31.3 Å². The van der Waals surface area contributed by atoms with Gasteiger partial charge in [0.25, 0.3) is 5.91 Å². The fourth-order valence-electron chi connectivity index (χ4n) is 2.13. The summed E-state index contributed by atoms with van der Waals surface area (Å²) >= 11 is 1.45. The molecule has 1 N–H and O–H groups in total. The van der Waals surface area contributed by atoms with Crippen LogP contribution < -0.4 is 10.1 Å². The Bertz CT molecular complexity index is 384. The molecule has 1 saturated heterocycles. The molecule has 1 aliphatic rings. The van der Waals surface area contributed by atoms with E-state index in [9.17, 15) is 4.79 Å². The topological polar surface area (TPSA) is 41.6 Å². The smallest absolute Gasteiger partial charge is 0.267 e. The van der Waals surface area contributed by atoms with Crippen molar-refractivity contribution in [3.63, 3.8) is 0 Å². The molecule has 0 bridgehead atoms. The second-order valence-corrected chi connectivity index (χ2v) is 5.09. The van der Waals surface area contributed by atoms with Gasteiger partial charge < -0.3 is 15.0 Å². The lowest BCUT2D eigenvalue weighted by molar-refractivity contribution is 0.0709. The number of likely N-dealkylation sites (tertiary alicyclic amines) is 1. The standard InChI is InChI=1S/C12H18N2O2S/c1-13-9-3-6-14(7-4-9)12(15)11-10(16-2)5-8-17-11/h5,8-9,13H,3-4,6-7H2,1-2H3. The summed E-state index contributed by atoms with van der Waals surface area (Å²) in [6.07, 6.45) is 2.05. The summed E-state index contributed by atoms with van der Waals surface area (Å²) in [5.74, 6) is 0.794. The van der Waals surface area contributed by atoms with E-state index in [2.05, 4.69) is 5.32 Å². The molecule has 94 valence electrons. The number of nitrogens with zero attached hydrogens (tertiary/aromatic N) is 1. The minimum Gasteiger partial charge on any atom is -0.495 e. The lowest BCUT2D eigenvalue weighted by Crippen LogP contribution is -2.43. The van der Waals surface area contributed by atoms with Gasteiger partial charge in [0.1, 0.15) is 10.6 Å². The van der Waals surface area contributed by atoms with E-state index in [1.54, 1.807) is 7.11 Å². The van der Waals surface area contributed by atoms with Crippen molar-refractivity contribution in [3.05, 3.63) is 16.3 Å². The van der Waals surface area contributed by atoms with Crippen LogP contribution in [0.4, 0.5) is 0 Å². The first-order chi connectivity index (χ1) is 8.26. The maximum absolute atomic E-state index is 12.3. The van der Waals surface area contributed by atoms with E-state index in [0.29, 0.717) is 11.8 Å². The molecule has 1 aliphatic heterocycles. The molecule has 1 fully saturated rings. The number of methoxy groups -OCH3 is 1. The Morgan fingerprint density at radius 1 is 1.53 bits per heavy atom. The maximum atomic E-state index is 12.3. The maximum Gasteiger partial charge on any atom is 0.267 e. The molecule has 0 unspecified atom stereocenters. The highest BCUT2D eigenvalue weighted by molar-refractivity contribution is 7.12. The molecule has 0 spiro atoms. The Morgan fingerprint density at radius 3 is 2.82 bits per heavy atom. The number of thiophene rings is 1. The van der Waals surface area contributed by atoms with E-state index < -0.39 is 0 Å². The molecule has 2 heterocycles. The molecule has 4 nitrogen and oxygen atoms in total. The Balaban J connectivity index is 2.02. The predicted octanol–water partition coefficient (Wildman–Crippen LogP) is 1.58. The van der Waals surface area contributed by atoms with E-state index in [1.165, 1.54) is 11.3 Å². The molecule has 0 radical (unpaired) electrons. The summed E-state index contributed by atoms with van der Waals surface area (Å²) in [6.45, 7) is 1.65. The molecule has 0 aliphatic carbocycles. The number of piperidine rings is 1. The van der Waals surface area contributed by atoms with E-state index in [1.807, 2.05) is 23.4 Å². The van der Waals surface area contributed by atoms with Crippen molar-refractivity contribution in [1.82, 2.24) is 10.2 Å². The highest BCUT2D eigenvalue weighted by Gasteiger charge is 2.25. The van der Waals surface area contributed by atoms with Gasteiger partial charge >= 0.3 is 0 Å². The number of carbonyl (C=O) groups is 1. The quantitative estimate of drug-likeness (QED) is 0.890. The van der Waals surface area contributed by atoms with Crippen LogP contribution in [0, 0.1) is 0 Å². The second kappa shape index (κ2) is 5.51. The molecule has 0 atom stereocenters. The minimum absolute atomic E-state index is 0.103. The Kier molecular flexibility index (Phi) is 4.02. The first-order valence-electron chi connectivity index (χ1n) is 5.84. The summed E-state index contributed by atoms with van der Waals surface area (Å²) in [5, 5.41) is 5.16. The Hall–Kier alpha value is -1.07. The third-order valence-corrected chi connectivity index (χ3v) is 4.12.